The maximum absolute atomic E-state index is 12.5. The Balaban J connectivity index is 2.31. The number of nitrogens with two attached hydrogens (primary N) is 1. The highest BCUT2D eigenvalue weighted by atomic mass is 35.5. The van der Waals surface area contributed by atoms with Crippen molar-refractivity contribution >= 4 is 17.3 Å². The van der Waals surface area contributed by atoms with E-state index in [1.807, 2.05) is 6.07 Å². The smallest absolute Gasteiger partial charge is 0.270 e. The van der Waals surface area contributed by atoms with Crippen LogP contribution in [0.15, 0.2) is 35.3 Å². The maximum Gasteiger partial charge on any atom is 0.270 e. The third-order valence-corrected chi connectivity index (χ3v) is 4.43. The number of ether oxygens (including phenoxy) is 1. The lowest BCUT2D eigenvalue weighted by molar-refractivity contribution is -0.0642. The van der Waals surface area contributed by atoms with Gasteiger partial charge < -0.3 is 20.1 Å². The largest absolute Gasteiger partial charge is 0.485 e. The van der Waals surface area contributed by atoms with Crippen molar-refractivity contribution < 1.29 is 9.84 Å². The lowest BCUT2D eigenvalue weighted by Gasteiger charge is -2.42. The molecule has 1 aliphatic rings. The number of aliphatic hydroxyl groups is 1. The fourth-order valence-electron chi connectivity index (χ4n) is 2.93. The highest BCUT2D eigenvalue weighted by molar-refractivity contribution is 6.30. The second kappa shape index (κ2) is 5.55. The Morgan fingerprint density at radius 2 is 2.12 bits per heavy atom. The molecule has 1 aromatic carbocycles. The topological polar surface area (TPSA) is 101 Å². The molecule has 2 heterocycles. The molecule has 0 amide bonds. The molecule has 24 heavy (non-hydrogen) atoms. The van der Waals surface area contributed by atoms with Gasteiger partial charge in [-0.25, -0.2) is 0 Å². The van der Waals surface area contributed by atoms with Crippen molar-refractivity contribution in [1.82, 2.24) is 4.57 Å². The zero-order valence-corrected chi connectivity index (χ0v) is 13.9. The van der Waals surface area contributed by atoms with Crippen molar-refractivity contribution in [2.45, 2.75) is 31.6 Å². The molecular formula is C17H16ClN3O3. The minimum absolute atomic E-state index is 0.0375. The molecule has 3 N–H and O–H groups in total. The van der Waals surface area contributed by atoms with Gasteiger partial charge in [-0.1, -0.05) is 11.6 Å². The van der Waals surface area contributed by atoms with Gasteiger partial charge in [0.1, 0.15) is 22.5 Å². The first-order chi connectivity index (χ1) is 11.2. The number of nitriles is 1. The molecule has 0 fully saturated rings. The minimum atomic E-state index is -1.05. The lowest BCUT2D eigenvalue weighted by Crippen LogP contribution is -2.52. The first kappa shape index (κ1) is 16.4. The number of halogens is 1. The van der Waals surface area contributed by atoms with E-state index in [1.54, 1.807) is 32.0 Å². The molecule has 0 radical (unpaired) electrons. The summed E-state index contributed by atoms with van der Waals surface area (Å²) in [5, 5.41) is 19.9. The molecular weight excluding hydrogens is 330 g/mol. The lowest BCUT2D eigenvalue weighted by atomic mass is 9.85. The number of hydrogen-bond acceptors (Lipinski definition) is 5. The summed E-state index contributed by atoms with van der Waals surface area (Å²) in [6.45, 7) is 3.45. The van der Waals surface area contributed by atoms with E-state index >= 15 is 0 Å². The van der Waals surface area contributed by atoms with E-state index in [0.717, 1.165) is 0 Å². The highest BCUT2D eigenvalue weighted by Crippen LogP contribution is 2.42. The number of hydrogen-bond donors (Lipinski definition) is 2. The Hall–Kier alpha value is -2.49. The molecule has 3 rings (SSSR count). The summed E-state index contributed by atoms with van der Waals surface area (Å²) in [4.78, 5) is 12.5. The zero-order valence-electron chi connectivity index (χ0n) is 13.2. The van der Waals surface area contributed by atoms with E-state index in [4.69, 9.17) is 27.3 Å². The van der Waals surface area contributed by atoms with Crippen molar-refractivity contribution in [3.8, 4) is 11.8 Å². The van der Waals surface area contributed by atoms with E-state index in [9.17, 15) is 9.90 Å². The molecule has 0 bridgehead atoms. The number of nitrogens with zero attached hydrogens (tertiary/aromatic N) is 2. The summed E-state index contributed by atoms with van der Waals surface area (Å²) in [6.07, 6.45) is 0.390. The van der Waals surface area contributed by atoms with Crippen LogP contribution in [0, 0.1) is 11.3 Å². The van der Waals surface area contributed by atoms with Gasteiger partial charge in [-0.2, -0.15) is 5.26 Å². The van der Waals surface area contributed by atoms with Crippen LogP contribution in [0.1, 0.15) is 31.0 Å². The van der Waals surface area contributed by atoms with Crippen LogP contribution in [0.3, 0.4) is 0 Å². The number of benzene rings is 1. The van der Waals surface area contributed by atoms with E-state index in [0.29, 0.717) is 22.6 Å². The number of pyridine rings is 1. The van der Waals surface area contributed by atoms with E-state index in [1.165, 1.54) is 16.8 Å². The van der Waals surface area contributed by atoms with Gasteiger partial charge in [-0.05, 0) is 38.1 Å². The number of fused-ring (bicyclic) bond motifs is 1. The molecule has 124 valence electrons. The average molecular weight is 346 g/mol. The van der Waals surface area contributed by atoms with Crippen LogP contribution < -0.4 is 16.0 Å². The maximum atomic E-state index is 12.5. The van der Waals surface area contributed by atoms with Gasteiger partial charge in [-0.15, -0.1) is 0 Å². The predicted molar refractivity (Wildman–Crippen MR) is 90.1 cm³/mol. The molecule has 7 heteroatoms. The monoisotopic (exact) mass is 345 g/mol. The van der Waals surface area contributed by atoms with Crippen molar-refractivity contribution in [3.63, 3.8) is 0 Å². The summed E-state index contributed by atoms with van der Waals surface area (Å²) < 4.78 is 7.14. The second-order valence-electron chi connectivity index (χ2n) is 6.29. The SMILES string of the molecule is CC1(C)Oc2ccc(C#N)cc2C(n2cc(N)cc(Cl)c2=O)C1O. The number of nitrogen functional groups attached to an aromatic ring is 1. The van der Waals surface area contributed by atoms with Crippen molar-refractivity contribution in [3.05, 3.63) is 57.0 Å². The fraction of sp³-hybridized carbons (Fsp3) is 0.294. The molecule has 2 atom stereocenters. The average Bonchev–Trinajstić information content (AvgIpc) is 2.52. The summed E-state index contributed by atoms with van der Waals surface area (Å²) in [5.74, 6) is 0.500. The van der Waals surface area contributed by atoms with Gasteiger partial charge in [0.05, 0.1) is 17.7 Å². The van der Waals surface area contributed by atoms with E-state index in [2.05, 4.69) is 0 Å². The number of aromatic nitrogens is 1. The van der Waals surface area contributed by atoms with Crippen LogP contribution in [-0.4, -0.2) is 21.4 Å². The van der Waals surface area contributed by atoms with Gasteiger partial charge in [0, 0.05) is 17.4 Å². The summed E-state index contributed by atoms with van der Waals surface area (Å²) in [7, 11) is 0. The molecule has 6 nitrogen and oxygen atoms in total. The Bertz CT molecular complexity index is 914. The highest BCUT2D eigenvalue weighted by Gasteiger charge is 2.44. The Kier molecular flexibility index (Phi) is 3.78. The Morgan fingerprint density at radius 1 is 1.42 bits per heavy atom. The van der Waals surface area contributed by atoms with Crippen molar-refractivity contribution in [1.29, 1.82) is 5.26 Å². The number of rotatable bonds is 1. The van der Waals surface area contributed by atoms with Gasteiger partial charge in [0.2, 0.25) is 0 Å². The fourth-order valence-corrected chi connectivity index (χ4v) is 3.16. The summed E-state index contributed by atoms with van der Waals surface area (Å²) in [5.41, 5.74) is 5.63. The standard InChI is InChI=1S/C17H16ClN3O3/c1-17(2)15(22)14(21-8-10(20)6-12(18)16(21)23)11-5-9(7-19)3-4-13(11)24-17/h3-6,8,14-15,22H,20H2,1-2H3. The normalized spacial score (nSPS) is 21.5. The van der Waals surface area contributed by atoms with Gasteiger partial charge >= 0.3 is 0 Å². The molecule has 0 spiro atoms. The Morgan fingerprint density at radius 3 is 2.79 bits per heavy atom. The Labute approximate surface area is 143 Å². The summed E-state index contributed by atoms with van der Waals surface area (Å²) in [6, 6.07) is 7.52. The van der Waals surface area contributed by atoms with Gasteiger partial charge in [-0.3, -0.25) is 4.79 Å². The first-order valence-corrected chi connectivity index (χ1v) is 7.70. The van der Waals surface area contributed by atoms with Crippen LogP contribution in [0.25, 0.3) is 0 Å². The molecule has 0 aliphatic carbocycles. The van der Waals surface area contributed by atoms with Crippen LogP contribution in [0.5, 0.6) is 5.75 Å². The zero-order chi connectivity index (χ0) is 17.6. The molecule has 1 aromatic heterocycles. The quantitative estimate of drug-likeness (QED) is 0.824. The molecule has 1 aliphatic heterocycles. The van der Waals surface area contributed by atoms with Gasteiger partial charge in [0.25, 0.3) is 5.56 Å². The van der Waals surface area contributed by atoms with Crippen LogP contribution in [0.2, 0.25) is 5.02 Å². The third kappa shape index (κ3) is 2.52. The third-order valence-electron chi connectivity index (χ3n) is 4.16. The van der Waals surface area contributed by atoms with Crippen LogP contribution in [-0.2, 0) is 0 Å². The van der Waals surface area contributed by atoms with Gasteiger partial charge in [0.15, 0.2) is 0 Å². The molecule has 2 unspecified atom stereocenters. The van der Waals surface area contributed by atoms with Crippen LogP contribution >= 0.6 is 11.6 Å². The second-order valence-corrected chi connectivity index (χ2v) is 6.70. The molecule has 2 aromatic rings. The van der Waals surface area contributed by atoms with E-state index < -0.39 is 23.3 Å². The van der Waals surface area contributed by atoms with Crippen LogP contribution in [0.4, 0.5) is 5.69 Å². The molecule has 0 saturated heterocycles. The first-order valence-electron chi connectivity index (χ1n) is 7.33. The summed E-state index contributed by atoms with van der Waals surface area (Å²) >= 11 is 5.96. The predicted octanol–water partition coefficient (Wildman–Crippen LogP) is 2.08. The van der Waals surface area contributed by atoms with E-state index in [-0.39, 0.29) is 5.02 Å². The minimum Gasteiger partial charge on any atom is -0.485 e. The number of aliphatic hydroxyl groups excluding tert-OH is 1. The van der Waals surface area contributed by atoms with Crippen molar-refractivity contribution in [2.24, 2.45) is 0 Å². The number of anilines is 1. The van der Waals surface area contributed by atoms with Crippen molar-refractivity contribution in [2.75, 3.05) is 5.73 Å². The molecule has 0 saturated carbocycles.